The van der Waals surface area contributed by atoms with Gasteiger partial charge < -0.3 is 15.1 Å². The lowest BCUT2D eigenvalue weighted by molar-refractivity contribution is 0.506. The Kier molecular flexibility index (Phi) is 8.26. The average molecular weight is 297 g/mol. The number of nitrogens with zero attached hydrogens (tertiary/aromatic N) is 1. The molecule has 0 aliphatic heterocycles. The molecule has 1 aromatic heterocycles. The molecule has 4 nitrogen and oxygen atoms in total. The van der Waals surface area contributed by atoms with Crippen molar-refractivity contribution in [3.05, 3.63) is 24.2 Å². The van der Waals surface area contributed by atoms with E-state index in [1.54, 1.807) is 6.26 Å². The molecule has 0 saturated carbocycles. The minimum Gasteiger partial charge on any atom is -0.469 e. The third-order valence-electron chi connectivity index (χ3n) is 2.82. The minimum atomic E-state index is 0.566. The molecule has 1 rings (SSSR count). The lowest BCUT2D eigenvalue weighted by atomic mass is 10.2. The quantitative estimate of drug-likeness (QED) is 0.572. The molecule has 1 aromatic rings. The zero-order valence-corrected chi connectivity index (χ0v) is 13.8. The topological polar surface area (TPSA) is 49.6 Å². The van der Waals surface area contributed by atoms with E-state index in [2.05, 4.69) is 42.7 Å². The van der Waals surface area contributed by atoms with Crippen molar-refractivity contribution in [2.24, 2.45) is 10.9 Å². The van der Waals surface area contributed by atoms with Crippen molar-refractivity contribution in [2.75, 3.05) is 25.9 Å². The fourth-order valence-electron chi connectivity index (χ4n) is 1.53. The Hall–Kier alpha value is -1.10. The summed E-state index contributed by atoms with van der Waals surface area (Å²) >= 11 is 1.85. The highest BCUT2D eigenvalue weighted by Crippen LogP contribution is 2.02. The van der Waals surface area contributed by atoms with Gasteiger partial charge in [-0.05, 0) is 24.3 Å². The van der Waals surface area contributed by atoms with Gasteiger partial charge in [0.15, 0.2) is 5.96 Å². The second-order valence-electron chi connectivity index (χ2n) is 5.27. The van der Waals surface area contributed by atoms with Gasteiger partial charge in [-0.3, -0.25) is 4.99 Å². The number of nitrogens with one attached hydrogen (secondary N) is 2. The van der Waals surface area contributed by atoms with Gasteiger partial charge in [0, 0.05) is 31.3 Å². The number of rotatable bonds is 8. The van der Waals surface area contributed by atoms with Crippen molar-refractivity contribution in [3.63, 3.8) is 0 Å². The lowest BCUT2D eigenvalue weighted by Gasteiger charge is -2.15. The van der Waals surface area contributed by atoms with Crippen LogP contribution in [0.1, 0.15) is 26.5 Å². The summed E-state index contributed by atoms with van der Waals surface area (Å²) in [6, 6.07) is 3.91. The second kappa shape index (κ2) is 9.75. The third-order valence-corrected chi connectivity index (χ3v) is 3.79. The molecule has 0 radical (unpaired) electrons. The van der Waals surface area contributed by atoms with Crippen molar-refractivity contribution >= 4 is 17.7 Å². The summed E-state index contributed by atoms with van der Waals surface area (Å²) in [7, 11) is 0. The predicted molar refractivity (Wildman–Crippen MR) is 88.5 cm³/mol. The molecule has 2 N–H and O–H groups in total. The molecule has 1 unspecified atom stereocenters. The number of furan rings is 1. The number of thioether (sulfide) groups is 1. The largest absolute Gasteiger partial charge is 0.469 e. The normalized spacial score (nSPS) is 13.6. The van der Waals surface area contributed by atoms with E-state index in [1.807, 2.05) is 23.9 Å². The Bertz CT molecular complexity index is 376. The lowest BCUT2D eigenvalue weighted by Crippen LogP contribution is -2.41. The fraction of sp³-hybridized carbons (Fsp3) is 0.667. The fourth-order valence-corrected chi connectivity index (χ4v) is 1.78. The Morgan fingerprint density at radius 3 is 2.75 bits per heavy atom. The summed E-state index contributed by atoms with van der Waals surface area (Å²) < 4.78 is 5.33. The summed E-state index contributed by atoms with van der Waals surface area (Å²) in [4.78, 5) is 4.60. The number of hydrogen-bond donors (Lipinski definition) is 2. The van der Waals surface area contributed by atoms with Crippen LogP contribution in [0.4, 0.5) is 0 Å². The molecule has 0 bridgehead atoms. The summed E-state index contributed by atoms with van der Waals surface area (Å²) in [5, 5.41) is 7.33. The van der Waals surface area contributed by atoms with Crippen LogP contribution in [0.3, 0.4) is 0 Å². The van der Waals surface area contributed by atoms with E-state index in [4.69, 9.17) is 4.42 Å². The minimum absolute atomic E-state index is 0.566. The highest BCUT2D eigenvalue weighted by molar-refractivity contribution is 7.99. The molecule has 5 heteroatoms. The summed E-state index contributed by atoms with van der Waals surface area (Å²) in [5.41, 5.74) is 0. The van der Waals surface area contributed by atoms with Crippen LogP contribution in [0.25, 0.3) is 0 Å². The van der Waals surface area contributed by atoms with Gasteiger partial charge in [0.05, 0.1) is 6.26 Å². The van der Waals surface area contributed by atoms with Gasteiger partial charge in [-0.1, -0.05) is 20.8 Å². The van der Waals surface area contributed by atoms with Crippen molar-refractivity contribution in [1.82, 2.24) is 10.6 Å². The Labute approximate surface area is 126 Å². The molecule has 114 valence electrons. The monoisotopic (exact) mass is 297 g/mol. The molecule has 0 fully saturated rings. The molecule has 1 atom stereocenters. The van der Waals surface area contributed by atoms with Crippen LogP contribution in [-0.2, 0) is 6.42 Å². The van der Waals surface area contributed by atoms with Gasteiger partial charge in [-0.15, -0.1) is 0 Å². The van der Waals surface area contributed by atoms with Crippen molar-refractivity contribution in [3.8, 4) is 0 Å². The van der Waals surface area contributed by atoms with Gasteiger partial charge in [-0.25, -0.2) is 0 Å². The van der Waals surface area contributed by atoms with Gasteiger partial charge in [-0.2, -0.15) is 11.8 Å². The van der Waals surface area contributed by atoms with Crippen molar-refractivity contribution in [1.29, 1.82) is 0 Å². The summed E-state index contributed by atoms with van der Waals surface area (Å²) in [5.74, 6) is 2.46. The number of aliphatic imine (C=N–C) groups is 1. The van der Waals surface area contributed by atoms with Crippen LogP contribution < -0.4 is 10.6 Å². The van der Waals surface area contributed by atoms with E-state index in [-0.39, 0.29) is 0 Å². The molecule has 0 aliphatic carbocycles. The maximum Gasteiger partial charge on any atom is 0.191 e. The van der Waals surface area contributed by atoms with Crippen LogP contribution in [-0.4, -0.2) is 37.1 Å². The van der Waals surface area contributed by atoms with E-state index in [0.29, 0.717) is 11.2 Å². The zero-order chi connectivity index (χ0) is 14.8. The van der Waals surface area contributed by atoms with Gasteiger partial charge in [0.2, 0.25) is 0 Å². The van der Waals surface area contributed by atoms with Crippen molar-refractivity contribution in [2.45, 2.75) is 32.4 Å². The number of hydrogen-bond acceptors (Lipinski definition) is 3. The van der Waals surface area contributed by atoms with Gasteiger partial charge in [0.1, 0.15) is 5.76 Å². The van der Waals surface area contributed by atoms with Gasteiger partial charge in [0.25, 0.3) is 0 Å². The van der Waals surface area contributed by atoms with Crippen LogP contribution in [0.2, 0.25) is 0 Å². The SMILES string of the molecule is CSC(C)CNC(=NCC(C)C)NCCc1ccco1. The highest BCUT2D eigenvalue weighted by Gasteiger charge is 2.04. The van der Waals surface area contributed by atoms with Crippen LogP contribution in [0.5, 0.6) is 0 Å². The Balaban J connectivity index is 2.38. The maximum absolute atomic E-state index is 5.33. The number of guanidine groups is 1. The van der Waals surface area contributed by atoms with Crippen molar-refractivity contribution < 1.29 is 4.42 Å². The molecule has 0 aromatic carbocycles. The first-order chi connectivity index (χ1) is 9.61. The predicted octanol–water partition coefficient (Wildman–Crippen LogP) is 2.76. The summed E-state index contributed by atoms with van der Waals surface area (Å²) in [6.45, 7) is 9.14. The molecular weight excluding hydrogens is 270 g/mol. The van der Waals surface area contributed by atoms with Crippen LogP contribution in [0, 0.1) is 5.92 Å². The molecular formula is C15H27N3OS. The van der Waals surface area contributed by atoms with Crippen LogP contribution >= 0.6 is 11.8 Å². The standard InChI is InChI=1S/C15H27N3OS/c1-12(2)10-17-15(18-11-13(3)20-4)16-8-7-14-6-5-9-19-14/h5-6,9,12-13H,7-8,10-11H2,1-4H3,(H2,16,17,18). The third kappa shape index (κ3) is 7.48. The molecule has 20 heavy (non-hydrogen) atoms. The first-order valence-electron chi connectivity index (χ1n) is 7.19. The first-order valence-corrected chi connectivity index (χ1v) is 8.48. The summed E-state index contributed by atoms with van der Waals surface area (Å²) in [6.07, 6.45) is 4.70. The average Bonchev–Trinajstić information content (AvgIpc) is 2.93. The van der Waals surface area contributed by atoms with E-state index in [0.717, 1.165) is 37.8 Å². The Morgan fingerprint density at radius 2 is 2.15 bits per heavy atom. The van der Waals surface area contributed by atoms with Crippen LogP contribution in [0.15, 0.2) is 27.8 Å². The maximum atomic E-state index is 5.33. The Morgan fingerprint density at radius 1 is 1.35 bits per heavy atom. The highest BCUT2D eigenvalue weighted by atomic mass is 32.2. The second-order valence-corrected chi connectivity index (χ2v) is 6.54. The molecule has 0 amide bonds. The molecule has 1 heterocycles. The van der Waals surface area contributed by atoms with E-state index >= 15 is 0 Å². The van der Waals surface area contributed by atoms with E-state index < -0.39 is 0 Å². The van der Waals surface area contributed by atoms with E-state index in [9.17, 15) is 0 Å². The van der Waals surface area contributed by atoms with Gasteiger partial charge >= 0.3 is 0 Å². The molecule has 0 spiro atoms. The zero-order valence-electron chi connectivity index (χ0n) is 13.0. The molecule has 0 aliphatic rings. The van der Waals surface area contributed by atoms with E-state index in [1.165, 1.54) is 0 Å². The first kappa shape index (κ1) is 17.0. The molecule has 0 saturated heterocycles. The smallest absolute Gasteiger partial charge is 0.191 e.